The summed E-state index contributed by atoms with van der Waals surface area (Å²) in [5.74, 6) is 0. The first kappa shape index (κ1) is 32.4. The van der Waals surface area contributed by atoms with Gasteiger partial charge in [0.2, 0.25) is 0 Å². The average Bonchev–Trinajstić information content (AvgIpc) is 3.67. The van der Waals surface area contributed by atoms with Gasteiger partial charge in [-0.1, -0.05) is 176 Å². The summed E-state index contributed by atoms with van der Waals surface area (Å²) in [6, 6.07) is 77.7. The molecule has 262 valence electrons. The highest BCUT2D eigenvalue weighted by molar-refractivity contribution is 7.26. The van der Waals surface area contributed by atoms with Crippen LogP contribution in [0.1, 0.15) is 0 Å². The fraction of sp³-hybridized carbons (Fsp3) is 0. The smallest absolute Gasteiger partial charge is 0.0640 e. The van der Waals surface area contributed by atoms with Crippen molar-refractivity contribution in [3.8, 4) is 33.4 Å². The van der Waals surface area contributed by atoms with Crippen molar-refractivity contribution in [3.63, 3.8) is 0 Å². The molecular weight excluding hydrogens is 695 g/mol. The molecule has 0 aliphatic heterocycles. The number of nitrogens with zero attached hydrogens (tertiary/aromatic N) is 1. The molecule has 0 bridgehead atoms. The van der Waals surface area contributed by atoms with Crippen molar-refractivity contribution in [1.82, 2.24) is 0 Å². The first-order chi connectivity index (χ1) is 27.8. The third-order valence-electron chi connectivity index (χ3n) is 11.3. The Bertz CT molecular complexity index is 3230. The van der Waals surface area contributed by atoms with E-state index in [1.807, 2.05) is 11.3 Å². The third-order valence-corrected chi connectivity index (χ3v) is 12.5. The number of rotatable bonds is 6. The van der Waals surface area contributed by atoms with Crippen molar-refractivity contribution in [2.24, 2.45) is 0 Å². The summed E-state index contributed by atoms with van der Waals surface area (Å²) in [7, 11) is 0. The molecule has 0 aliphatic carbocycles. The Morgan fingerprint density at radius 1 is 0.321 bits per heavy atom. The summed E-state index contributed by atoms with van der Waals surface area (Å²) >= 11 is 1.88. The molecular formula is C54H35NS. The lowest BCUT2D eigenvalue weighted by Gasteiger charge is -2.28. The van der Waals surface area contributed by atoms with Crippen LogP contribution in [-0.4, -0.2) is 0 Å². The van der Waals surface area contributed by atoms with E-state index in [1.165, 1.54) is 91.6 Å². The minimum atomic E-state index is 1.12. The van der Waals surface area contributed by atoms with E-state index in [4.69, 9.17) is 0 Å². The van der Waals surface area contributed by atoms with E-state index in [0.717, 1.165) is 11.4 Å². The van der Waals surface area contributed by atoms with E-state index in [2.05, 4.69) is 217 Å². The molecule has 0 saturated heterocycles. The highest BCUT2D eigenvalue weighted by atomic mass is 32.1. The molecule has 11 rings (SSSR count). The van der Waals surface area contributed by atoms with Crippen molar-refractivity contribution < 1.29 is 0 Å². The predicted molar refractivity (Wildman–Crippen MR) is 243 cm³/mol. The maximum Gasteiger partial charge on any atom is 0.0640 e. The monoisotopic (exact) mass is 729 g/mol. The van der Waals surface area contributed by atoms with E-state index in [-0.39, 0.29) is 0 Å². The van der Waals surface area contributed by atoms with E-state index < -0.39 is 0 Å². The van der Waals surface area contributed by atoms with Gasteiger partial charge in [0.1, 0.15) is 0 Å². The molecule has 0 radical (unpaired) electrons. The minimum absolute atomic E-state index is 1.12. The Balaban J connectivity index is 1.11. The summed E-state index contributed by atoms with van der Waals surface area (Å²) < 4.78 is 2.56. The number of hydrogen-bond donors (Lipinski definition) is 0. The van der Waals surface area contributed by atoms with Crippen LogP contribution >= 0.6 is 11.3 Å². The van der Waals surface area contributed by atoms with E-state index >= 15 is 0 Å². The van der Waals surface area contributed by atoms with Crippen molar-refractivity contribution in [2.45, 2.75) is 0 Å². The number of anilines is 3. The zero-order valence-corrected chi connectivity index (χ0v) is 31.4. The van der Waals surface area contributed by atoms with Crippen LogP contribution in [0.5, 0.6) is 0 Å². The Hall–Kier alpha value is -7.00. The van der Waals surface area contributed by atoms with Crippen LogP contribution in [0, 0.1) is 0 Å². The summed E-state index contributed by atoms with van der Waals surface area (Å²) in [4.78, 5) is 2.48. The molecule has 0 amide bonds. The Kier molecular flexibility index (Phi) is 7.75. The first-order valence-corrected chi connectivity index (χ1v) is 20.0. The number of thiophene rings is 1. The normalized spacial score (nSPS) is 11.6. The van der Waals surface area contributed by atoms with Crippen molar-refractivity contribution in [2.75, 3.05) is 4.90 Å². The van der Waals surface area contributed by atoms with Gasteiger partial charge >= 0.3 is 0 Å². The Morgan fingerprint density at radius 2 is 0.946 bits per heavy atom. The second-order valence-corrected chi connectivity index (χ2v) is 15.5. The largest absolute Gasteiger partial charge is 0.308 e. The molecule has 0 atom stereocenters. The third kappa shape index (κ3) is 5.38. The van der Waals surface area contributed by atoms with Gasteiger partial charge in [-0.3, -0.25) is 0 Å². The van der Waals surface area contributed by atoms with Crippen LogP contribution in [0.3, 0.4) is 0 Å². The molecule has 10 aromatic carbocycles. The maximum absolute atomic E-state index is 2.48. The van der Waals surface area contributed by atoms with Gasteiger partial charge < -0.3 is 4.90 Å². The number of benzene rings is 10. The molecule has 56 heavy (non-hydrogen) atoms. The molecule has 0 spiro atoms. The standard InChI is InChI=1S/C54H35NS/c1-3-13-37(14-4-1)44-33-34-50(48-20-10-9-19-47(44)48)55(51-23-11-22-49-53-46(38-15-5-2-6-16-38)21-12-24-52(53)56-54(49)51)42-30-27-36(28-31-42)40-29-32-45-41(35-40)26-25-39-17-7-8-18-43(39)45/h1-35H. The second kappa shape index (κ2) is 13.4. The highest BCUT2D eigenvalue weighted by Gasteiger charge is 2.22. The summed E-state index contributed by atoms with van der Waals surface area (Å²) in [6.45, 7) is 0. The van der Waals surface area contributed by atoms with Crippen molar-refractivity contribution in [3.05, 3.63) is 212 Å². The molecule has 0 N–H and O–H groups in total. The lowest BCUT2D eigenvalue weighted by atomic mass is 9.95. The lowest BCUT2D eigenvalue weighted by Crippen LogP contribution is -2.10. The van der Waals surface area contributed by atoms with E-state index in [1.54, 1.807) is 0 Å². The fourth-order valence-electron chi connectivity index (χ4n) is 8.62. The van der Waals surface area contributed by atoms with Crippen LogP contribution < -0.4 is 4.90 Å². The maximum atomic E-state index is 2.48. The second-order valence-electron chi connectivity index (χ2n) is 14.4. The lowest BCUT2D eigenvalue weighted by molar-refractivity contribution is 1.32. The Labute approximate surface area is 330 Å². The predicted octanol–water partition coefficient (Wildman–Crippen LogP) is 16.0. The minimum Gasteiger partial charge on any atom is -0.308 e. The summed E-state index contributed by atoms with van der Waals surface area (Å²) in [5, 5.41) is 10.1. The zero-order chi connectivity index (χ0) is 37.0. The Morgan fingerprint density at radius 3 is 1.75 bits per heavy atom. The number of fused-ring (bicyclic) bond motifs is 7. The van der Waals surface area contributed by atoms with Crippen LogP contribution in [-0.2, 0) is 0 Å². The van der Waals surface area contributed by atoms with Crippen molar-refractivity contribution in [1.29, 1.82) is 0 Å². The molecule has 1 aromatic heterocycles. The van der Waals surface area contributed by atoms with Crippen LogP contribution in [0.2, 0.25) is 0 Å². The van der Waals surface area contributed by atoms with Gasteiger partial charge in [0.15, 0.2) is 0 Å². The molecule has 2 heteroatoms. The van der Waals surface area contributed by atoms with Gasteiger partial charge in [-0.2, -0.15) is 0 Å². The molecule has 11 aromatic rings. The molecule has 1 heterocycles. The van der Waals surface area contributed by atoms with Gasteiger partial charge in [0.25, 0.3) is 0 Å². The summed E-state index contributed by atoms with van der Waals surface area (Å²) in [6.07, 6.45) is 0. The average molecular weight is 730 g/mol. The molecule has 0 saturated carbocycles. The molecule has 0 unspecified atom stereocenters. The van der Waals surface area contributed by atoms with Gasteiger partial charge in [-0.15, -0.1) is 11.3 Å². The first-order valence-electron chi connectivity index (χ1n) is 19.2. The molecule has 0 fully saturated rings. The van der Waals surface area contributed by atoms with Crippen LogP contribution in [0.4, 0.5) is 17.1 Å². The van der Waals surface area contributed by atoms with E-state index in [0.29, 0.717) is 0 Å². The molecule has 1 nitrogen and oxygen atoms in total. The number of hydrogen-bond acceptors (Lipinski definition) is 2. The quantitative estimate of drug-likeness (QED) is 0.154. The summed E-state index contributed by atoms with van der Waals surface area (Å²) in [5.41, 5.74) is 10.8. The van der Waals surface area contributed by atoms with Gasteiger partial charge in [0, 0.05) is 26.5 Å². The SMILES string of the molecule is c1ccc(-c2ccc(N(c3ccc(-c4ccc5c(ccc6ccccc65)c4)cc3)c3cccc4c3sc3cccc(-c5ccccc5)c34)c3ccccc23)cc1. The van der Waals surface area contributed by atoms with E-state index in [9.17, 15) is 0 Å². The highest BCUT2D eigenvalue weighted by Crippen LogP contribution is 2.49. The van der Waals surface area contributed by atoms with Gasteiger partial charge in [-0.05, 0) is 96.7 Å². The molecule has 0 aliphatic rings. The van der Waals surface area contributed by atoms with Gasteiger partial charge in [-0.25, -0.2) is 0 Å². The van der Waals surface area contributed by atoms with Gasteiger partial charge in [0.05, 0.1) is 16.1 Å². The van der Waals surface area contributed by atoms with Crippen LogP contribution in [0.15, 0.2) is 212 Å². The van der Waals surface area contributed by atoms with Crippen LogP contribution in [0.25, 0.3) is 85.9 Å². The van der Waals surface area contributed by atoms with Crippen molar-refractivity contribution >= 4 is 80.9 Å². The fourth-order valence-corrected chi connectivity index (χ4v) is 9.85. The zero-order valence-electron chi connectivity index (χ0n) is 30.6. The topological polar surface area (TPSA) is 3.24 Å².